The van der Waals surface area contributed by atoms with E-state index in [1.807, 2.05) is 11.3 Å². The molecule has 0 saturated heterocycles. The second-order valence-corrected chi connectivity index (χ2v) is 6.86. The second kappa shape index (κ2) is 4.52. The van der Waals surface area contributed by atoms with Crippen molar-refractivity contribution in [2.24, 2.45) is 0 Å². The van der Waals surface area contributed by atoms with Crippen LogP contribution < -0.4 is 5.32 Å². The molecule has 0 amide bonds. The first-order chi connectivity index (χ1) is 8.22. The molecule has 3 rings (SSSR count). The molecule has 0 bridgehead atoms. The van der Waals surface area contributed by atoms with Crippen LogP contribution >= 0.6 is 22.7 Å². The van der Waals surface area contributed by atoms with Crippen molar-refractivity contribution in [3.63, 3.8) is 0 Å². The molecule has 0 spiro atoms. The molecule has 2 aromatic heterocycles. The Hall–Kier alpha value is -0.710. The van der Waals surface area contributed by atoms with Gasteiger partial charge in [-0.1, -0.05) is 0 Å². The highest BCUT2D eigenvalue weighted by atomic mass is 32.1. The number of hydrogen-bond acceptors (Lipinski definition) is 4. The van der Waals surface area contributed by atoms with E-state index in [1.54, 1.807) is 11.3 Å². The van der Waals surface area contributed by atoms with E-state index >= 15 is 0 Å². The van der Waals surface area contributed by atoms with Crippen molar-refractivity contribution in [3.8, 4) is 0 Å². The molecule has 0 radical (unpaired) electrons. The molecule has 1 aliphatic rings. The van der Waals surface area contributed by atoms with Gasteiger partial charge in [-0.15, -0.1) is 22.7 Å². The fraction of sp³-hybridized carbons (Fsp3) is 0.462. The maximum absolute atomic E-state index is 4.64. The fourth-order valence-electron chi connectivity index (χ4n) is 1.87. The lowest BCUT2D eigenvalue weighted by molar-refractivity contribution is 0.605. The highest BCUT2D eigenvalue weighted by Crippen LogP contribution is 2.33. The Morgan fingerprint density at radius 1 is 1.35 bits per heavy atom. The SMILES string of the molecule is Cc1csc(C(NC2CC2)c2ccc(C)s2)n1. The van der Waals surface area contributed by atoms with Gasteiger partial charge in [0.2, 0.25) is 0 Å². The molecular formula is C13H16N2S2. The number of aromatic nitrogens is 1. The molecule has 1 unspecified atom stereocenters. The lowest BCUT2D eigenvalue weighted by Crippen LogP contribution is -2.23. The summed E-state index contributed by atoms with van der Waals surface area (Å²) in [5, 5.41) is 7.05. The lowest BCUT2D eigenvalue weighted by atomic mass is 10.2. The quantitative estimate of drug-likeness (QED) is 0.911. The molecule has 0 aromatic carbocycles. The Morgan fingerprint density at radius 3 is 2.71 bits per heavy atom. The maximum Gasteiger partial charge on any atom is 0.115 e. The third-order valence-corrected chi connectivity index (χ3v) is 5.00. The Balaban J connectivity index is 1.90. The van der Waals surface area contributed by atoms with E-state index in [2.05, 4.69) is 41.7 Å². The van der Waals surface area contributed by atoms with E-state index in [0.29, 0.717) is 12.1 Å². The summed E-state index contributed by atoms with van der Waals surface area (Å²) < 4.78 is 0. The number of thiazole rings is 1. The first kappa shape index (κ1) is 11.4. The zero-order valence-electron chi connectivity index (χ0n) is 10.1. The number of aryl methyl sites for hydroxylation is 2. The number of thiophene rings is 1. The standard InChI is InChI=1S/C13H16N2S2/c1-8-7-16-13(14-8)12(15-10-4-5-10)11-6-3-9(2)17-11/h3,6-7,10,12,15H,4-5H2,1-2H3. The molecule has 17 heavy (non-hydrogen) atoms. The summed E-state index contributed by atoms with van der Waals surface area (Å²) in [4.78, 5) is 7.40. The highest BCUT2D eigenvalue weighted by Gasteiger charge is 2.28. The van der Waals surface area contributed by atoms with E-state index in [1.165, 1.54) is 27.6 Å². The summed E-state index contributed by atoms with van der Waals surface area (Å²) in [7, 11) is 0. The van der Waals surface area contributed by atoms with Crippen molar-refractivity contribution in [1.29, 1.82) is 0 Å². The van der Waals surface area contributed by atoms with Gasteiger partial charge in [0, 0.05) is 26.9 Å². The van der Waals surface area contributed by atoms with Crippen LogP contribution in [0.3, 0.4) is 0 Å². The van der Waals surface area contributed by atoms with Crippen LogP contribution in [-0.2, 0) is 0 Å². The van der Waals surface area contributed by atoms with Gasteiger partial charge < -0.3 is 5.32 Å². The molecule has 2 heterocycles. The number of hydrogen-bond donors (Lipinski definition) is 1. The minimum atomic E-state index is 0.305. The zero-order valence-corrected chi connectivity index (χ0v) is 11.7. The van der Waals surface area contributed by atoms with E-state index in [9.17, 15) is 0 Å². The largest absolute Gasteiger partial charge is 0.301 e. The Morgan fingerprint density at radius 2 is 2.18 bits per heavy atom. The van der Waals surface area contributed by atoms with Crippen molar-refractivity contribution in [2.45, 2.75) is 38.8 Å². The molecule has 1 aliphatic carbocycles. The Bertz CT molecular complexity index is 471. The van der Waals surface area contributed by atoms with Crippen molar-refractivity contribution in [2.75, 3.05) is 0 Å². The summed E-state index contributed by atoms with van der Waals surface area (Å²) in [6.07, 6.45) is 2.62. The minimum Gasteiger partial charge on any atom is -0.301 e. The third-order valence-electron chi connectivity index (χ3n) is 2.91. The van der Waals surface area contributed by atoms with Crippen LogP contribution in [0.4, 0.5) is 0 Å². The van der Waals surface area contributed by atoms with E-state index in [4.69, 9.17) is 0 Å². The van der Waals surface area contributed by atoms with Crippen molar-refractivity contribution < 1.29 is 0 Å². The first-order valence-electron chi connectivity index (χ1n) is 5.97. The molecule has 1 saturated carbocycles. The van der Waals surface area contributed by atoms with Crippen LogP contribution in [0.15, 0.2) is 17.5 Å². The Labute approximate surface area is 110 Å². The molecule has 0 aliphatic heterocycles. The number of nitrogens with one attached hydrogen (secondary N) is 1. The zero-order chi connectivity index (χ0) is 11.8. The maximum atomic E-state index is 4.64. The van der Waals surface area contributed by atoms with E-state index in [-0.39, 0.29) is 0 Å². The van der Waals surface area contributed by atoms with Crippen LogP contribution in [0.1, 0.15) is 39.3 Å². The molecule has 4 heteroatoms. The Kier molecular flexibility index (Phi) is 3.03. The highest BCUT2D eigenvalue weighted by molar-refractivity contribution is 7.12. The summed E-state index contributed by atoms with van der Waals surface area (Å²) >= 11 is 3.64. The molecule has 2 nitrogen and oxygen atoms in total. The molecule has 1 fully saturated rings. The van der Waals surface area contributed by atoms with Gasteiger partial charge in [-0.05, 0) is 38.8 Å². The summed E-state index contributed by atoms with van der Waals surface area (Å²) in [6, 6.07) is 5.44. The van der Waals surface area contributed by atoms with Gasteiger partial charge in [0.25, 0.3) is 0 Å². The topological polar surface area (TPSA) is 24.9 Å². The molecule has 2 aromatic rings. The van der Waals surface area contributed by atoms with Gasteiger partial charge in [0.1, 0.15) is 5.01 Å². The number of rotatable bonds is 4. The predicted molar refractivity (Wildman–Crippen MR) is 73.9 cm³/mol. The van der Waals surface area contributed by atoms with Crippen LogP contribution in [0.25, 0.3) is 0 Å². The fourth-order valence-corrected chi connectivity index (χ4v) is 3.76. The smallest absolute Gasteiger partial charge is 0.115 e. The van der Waals surface area contributed by atoms with Crippen LogP contribution in [0.2, 0.25) is 0 Å². The molecule has 1 N–H and O–H groups in total. The van der Waals surface area contributed by atoms with Crippen molar-refractivity contribution >= 4 is 22.7 Å². The van der Waals surface area contributed by atoms with Crippen molar-refractivity contribution in [3.05, 3.63) is 38.0 Å². The normalized spacial score (nSPS) is 17.3. The average molecular weight is 264 g/mol. The monoisotopic (exact) mass is 264 g/mol. The lowest BCUT2D eigenvalue weighted by Gasteiger charge is -2.14. The summed E-state index contributed by atoms with van der Waals surface area (Å²) in [5.74, 6) is 0. The molecular weight excluding hydrogens is 248 g/mol. The van der Waals surface area contributed by atoms with Gasteiger partial charge in [0.15, 0.2) is 0 Å². The minimum absolute atomic E-state index is 0.305. The number of nitrogens with zero attached hydrogens (tertiary/aromatic N) is 1. The molecule has 90 valence electrons. The van der Waals surface area contributed by atoms with Crippen LogP contribution in [0.5, 0.6) is 0 Å². The summed E-state index contributed by atoms with van der Waals surface area (Å²) in [5.41, 5.74) is 1.13. The average Bonchev–Trinajstić information content (AvgIpc) is 2.86. The van der Waals surface area contributed by atoms with Gasteiger partial charge in [0.05, 0.1) is 6.04 Å². The first-order valence-corrected chi connectivity index (χ1v) is 7.66. The second-order valence-electron chi connectivity index (χ2n) is 4.65. The predicted octanol–water partition coefficient (Wildman–Crippen LogP) is 3.66. The van der Waals surface area contributed by atoms with E-state index in [0.717, 1.165) is 5.69 Å². The third kappa shape index (κ3) is 2.59. The van der Waals surface area contributed by atoms with Crippen LogP contribution in [0, 0.1) is 13.8 Å². The van der Waals surface area contributed by atoms with Crippen LogP contribution in [-0.4, -0.2) is 11.0 Å². The molecule has 1 atom stereocenters. The summed E-state index contributed by atoms with van der Waals surface area (Å²) in [6.45, 7) is 4.23. The van der Waals surface area contributed by atoms with Gasteiger partial charge >= 0.3 is 0 Å². The van der Waals surface area contributed by atoms with Crippen molar-refractivity contribution in [1.82, 2.24) is 10.3 Å². The van der Waals surface area contributed by atoms with Gasteiger partial charge in [-0.3, -0.25) is 0 Å². The van der Waals surface area contributed by atoms with Gasteiger partial charge in [-0.25, -0.2) is 4.98 Å². The van der Waals surface area contributed by atoms with Gasteiger partial charge in [-0.2, -0.15) is 0 Å². The van der Waals surface area contributed by atoms with E-state index < -0.39 is 0 Å².